The number of hydrogen-bond acceptors (Lipinski definition) is 6. The van der Waals surface area contributed by atoms with E-state index in [0.29, 0.717) is 24.7 Å². The quantitative estimate of drug-likeness (QED) is 0.290. The van der Waals surface area contributed by atoms with E-state index in [0.717, 1.165) is 22.0 Å². The SMILES string of the molecule is CCOc1ccc(S(=O)(=O)N(CC(=O)N(Cc2ccc(OC)cc2)[C@H](C)C(=O)NCC(C)C)c2ccc(F)cc2)cc1. The Morgan fingerprint density at radius 3 is 2.05 bits per heavy atom. The molecule has 0 aliphatic carbocycles. The van der Waals surface area contributed by atoms with Crippen molar-refractivity contribution in [1.29, 1.82) is 0 Å². The van der Waals surface area contributed by atoms with Crippen LogP contribution in [0.1, 0.15) is 33.3 Å². The van der Waals surface area contributed by atoms with Crippen LogP contribution in [0.25, 0.3) is 0 Å². The average molecular weight is 600 g/mol. The van der Waals surface area contributed by atoms with E-state index in [9.17, 15) is 22.4 Å². The van der Waals surface area contributed by atoms with Gasteiger partial charge in [0, 0.05) is 13.1 Å². The fourth-order valence-electron chi connectivity index (χ4n) is 4.10. The number of ether oxygens (including phenoxy) is 2. The lowest BCUT2D eigenvalue weighted by Crippen LogP contribution is -2.51. The molecule has 3 aromatic carbocycles. The second kappa shape index (κ2) is 14.7. The number of carbonyl (C=O) groups is 2. The lowest BCUT2D eigenvalue weighted by atomic mass is 10.1. The van der Waals surface area contributed by atoms with Crippen LogP contribution in [0.4, 0.5) is 10.1 Å². The van der Waals surface area contributed by atoms with Gasteiger partial charge in [-0.1, -0.05) is 26.0 Å². The number of nitrogens with one attached hydrogen (secondary N) is 1. The van der Waals surface area contributed by atoms with Crippen molar-refractivity contribution >= 4 is 27.5 Å². The third-order valence-corrected chi connectivity index (χ3v) is 8.27. The molecule has 226 valence electrons. The van der Waals surface area contributed by atoms with E-state index < -0.39 is 34.3 Å². The van der Waals surface area contributed by atoms with Crippen LogP contribution >= 0.6 is 0 Å². The first-order chi connectivity index (χ1) is 20.0. The standard InChI is InChI=1S/C31H38FN3O6S/c1-6-41-28-15-17-29(18-16-28)42(38,39)35(26-11-9-25(32)10-12-26)21-30(36)34(23(4)31(37)33-19-22(2)3)20-24-7-13-27(40-5)14-8-24/h7-18,22-23H,6,19-21H2,1-5H3,(H,33,37)/t23-/m1/s1. The minimum Gasteiger partial charge on any atom is -0.497 e. The lowest BCUT2D eigenvalue weighted by molar-refractivity contribution is -0.139. The van der Waals surface area contributed by atoms with E-state index in [1.165, 1.54) is 41.3 Å². The minimum absolute atomic E-state index is 0.0411. The van der Waals surface area contributed by atoms with Gasteiger partial charge < -0.3 is 19.7 Å². The number of nitrogens with zero attached hydrogens (tertiary/aromatic N) is 2. The van der Waals surface area contributed by atoms with Gasteiger partial charge in [-0.25, -0.2) is 12.8 Å². The molecule has 42 heavy (non-hydrogen) atoms. The number of hydrogen-bond donors (Lipinski definition) is 1. The molecule has 3 aromatic rings. The smallest absolute Gasteiger partial charge is 0.264 e. The summed E-state index contributed by atoms with van der Waals surface area (Å²) in [4.78, 5) is 28.3. The molecule has 1 N–H and O–H groups in total. The number of carbonyl (C=O) groups excluding carboxylic acids is 2. The first kappa shape index (κ1) is 32.4. The lowest BCUT2D eigenvalue weighted by Gasteiger charge is -2.32. The number of benzene rings is 3. The van der Waals surface area contributed by atoms with Gasteiger partial charge in [-0.05, 0) is 86.0 Å². The first-order valence-electron chi connectivity index (χ1n) is 13.7. The summed E-state index contributed by atoms with van der Waals surface area (Å²) in [6.07, 6.45) is 0. The number of sulfonamides is 1. The van der Waals surface area contributed by atoms with E-state index in [1.807, 2.05) is 20.8 Å². The molecule has 9 nitrogen and oxygen atoms in total. The van der Waals surface area contributed by atoms with Gasteiger partial charge in [-0.15, -0.1) is 0 Å². The Balaban J connectivity index is 2.00. The van der Waals surface area contributed by atoms with Crippen molar-refractivity contribution in [2.24, 2.45) is 5.92 Å². The van der Waals surface area contributed by atoms with Crippen molar-refractivity contribution in [3.05, 3.63) is 84.2 Å². The van der Waals surface area contributed by atoms with E-state index in [1.54, 1.807) is 38.3 Å². The summed E-state index contributed by atoms with van der Waals surface area (Å²) in [5.74, 6) is -0.221. The topological polar surface area (TPSA) is 105 Å². The molecule has 0 saturated heterocycles. The van der Waals surface area contributed by atoms with Crippen molar-refractivity contribution < 1.29 is 31.9 Å². The van der Waals surface area contributed by atoms with Crippen LogP contribution in [-0.2, 0) is 26.2 Å². The molecule has 0 spiro atoms. The Bertz CT molecular complexity index is 1430. The molecule has 0 aliphatic heterocycles. The molecule has 0 radical (unpaired) electrons. The van der Waals surface area contributed by atoms with Crippen LogP contribution in [0, 0.1) is 11.7 Å². The number of anilines is 1. The molecular weight excluding hydrogens is 561 g/mol. The Morgan fingerprint density at radius 2 is 1.50 bits per heavy atom. The van der Waals surface area contributed by atoms with Gasteiger partial charge in [0.15, 0.2) is 0 Å². The molecule has 0 aromatic heterocycles. The molecule has 0 aliphatic rings. The van der Waals surface area contributed by atoms with Crippen LogP contribution in [-0.4, -0.2) is 58.0 Å². The molecular formula is C31H38FN3O6S. The van der Waals surface area contributed by atoms with Crippen LogP contribution in [0.5, 0.6) is 11.5 Å². The zero-order valence-electron chi connectivity index (χ0n) is 24.5. The third kappa shape index (κ3) is 8.45. The fourth-order valence-corrected chi connectivity index (χ4v) is 5.51. The summed E-state index contributed by atoms with van der Waals surface area (Å²) in [6, 6.07) is 16.8. The molecule has 1 atom stereocenters. The fraction of sp³-hybridized carbons (Fsp3) is 0.355. The Hall–Kier alpha value is -4.12. The number of halogens is 1. The second-order valence-corrected chi connectivity index (χ2v) is 11.9. The Morgan fingerprint density at radius 1 is 0.905 bits per heavy atom. The Labute approximate surface area is 247 Å². The molecule has 0 unspecified atom stereocenters. The van der Waals surface area contributed by atoms with Gasteiger partial charge in [-0.3, -0.25) is 13.9 Å². The molecule has 0 fully saturated rings. The van der Waals surface area contributed by atoms with E-state index >= 15 is 0 Å². The highest BCUT2D eigenvalue weighted by Crippen LogP contribution is 2.26. The number of rotatable bonds is 14. The summed E-state index contributed by atoms with van der Waals surface area (Å²) in [6.45, 7) is 7.57. The minimum atomic E-state index is -4.29. The summed E-state index contributed by atoms with van der Waals surface area (Å²) in [7, 11) is -2.74. The van der Waals surface area contributed by atoms with Crippen molar-refractivity contribution in [2.45, 2.75) is 45.2 Å². The van der Waals surface area contributed by atoms with Crippen LogP contribution in [0.3, 0.4) is 0 Å². The van der Waals surface area contributed by atoms with E-state index in [2.05, 4.69) is 5.32 Å². The van der Waals surface area contributed by atoms with Crippen molar-refractivity contribution in [3.63, 3.8) is 0 Å². The van der Waals surface area contributed by atoms with Crippen molar-refractivity contribution in [1.82, 2.24) is 10.2 Å². The third-order valence-electron chi connectivity index (χ3n) is 6.48. The van der Waals surface area contributed by atoms with Crippen LogP contribution in [0.15, 0.2) is 77.7 Å². The summed E-state index contributed by atoms with van der Waals surface area (Å²) >= 11 is 0. The van der Waals surface area contributed by atoms with Crippen molar-refractivity contribution in [2.75, 3.05) is 31.1 Å². The van der Waals surface area contributed by atoms with Gasteiger partial charge in [0.25, 0.3) is 10.0 Å². The maximum Gasteiger partial charge on any atom is 0.264 e. The number of methoxy groups -OCH3 is 1. The summed E-state index contributed by atoms with van der Waals surface area (Å²) < 4.78 is 53.1. The highest BCUT2D eigenvalue weighted by molar-refractivity contribution is 7.92. The first-order valence-corrected chi connectivity index (χ1v) is 15.1. The summed E-state index contributed by atoms with van der Waals surface area (Å²) in [5, 5.41) is 2.85. The van der Waals surface area contributed by atoms with Crippen molar-refractivity contribution in [3.8, 4) is 11.5 Å². The number of amides is 2. The average Bonchev–Trinajstić information content (AvgIpc) is 2.98. The van der Waals surface area contributed by atoms with Gasteiger partial charge in [-0.2, -0.15) is 0 Å². The predicted octanol–water partition coefficient (Wildman–Crippen LogP) is 4.62. The normalized spacial score (nSPS) is 12.0. The Kier molecular flexibility index (Phi) is 11.3. The van der Waals surface area contributed by atoms with Crippen LogP contribution < -0.4 is 19.1 Å². The largest absolute Gasteiger partial charge is 0.497 e. The highest BCUT2D eigenvalue weighted by atomic mass is 32.2. The molecule has 0 saturated carbocycles. The van der Waals surface area contributed by atoms with Gasteiger partial charge in [0.1, 0.15) is 29.9 Å². The molecule has 0 heterocycles. The summed E-state index contributed by atoms with van der Waals surface area (Å²) in [5.41, 5.74) is 0.815. The second-order valence-electron chi connectivity index (χ2n) is 10.1. The van der Waals surface area contributed by atoms with E-state index in [4.69, 9.17) is 9.47 Å². The van der Waals surface area contributed by atoms with Gasteiger partial charge in [0.05, 0.1) is 24.3 Å². The highest BCUT2D eigenvalue weighted by Gasteiger charge is 2.32. The maximum absolute atomic E-state index is 13.9. The molecule has 11 heteroatoms. The van der Waals surface area contributed by atoms with E-state index in [-0.39, 0.29) is 29.0 Å². The molecule has 0 bridgehead atoms. The maximum atomic E-state index is 13.9. The molecule has 3 rings (SSSR count). The monoisotopic (exact) mass is 599 g/mol. The molecule has 2 amide bonds. The predicted molar refractivity (Wildman–Crippen MR) is 159 cm³/mol. The van der Waals surface area contributed by atoms with Gasteiger partial charge in [0.2, 0.25) is 11.8 Å². The van der Waals surface area contributed by atoms with Gasteiger partial charge >= 0.3 is 0 Å². The van der Waals surface area contributed by atoms with Crippen LogP contribution in [0.2, 0.25) is 0 Å². The zero-order chi connectivity index (χ0) is 30.9. The zero-order valence-corrected chi connectivity index (χ0v) is 25.4.